The van der Waals surface area contributed by atoms with E-state index in [-0.39, 0.29) is 11.8 Å². The van der Waals surface area contributed by atoms with E-state index in [1.165, 1.54) is 18.3 Å². The topological polar surface area (TPSA) is 63.1 Å². The highest BCUT2D eigenvalue weighted by molar-refractivity contribution is 5.79. The Balaban J connectivity index is 1.73. The molecule has 1 aromatic heterocycles. The van der Waals surface area contributed by atoms with Crippen LogP contribution < -0.4 is 5.43 Å². The summed E-state index contributed by atoms with van der Waals surface area (Å²) in [5.74, 6) is -0.0399. The molecule has 2 aromatic carbocycles. The van der Waals surface area contributed by atoms with Gasteiger partial charge in [0.1, 0.15) is 5.82 Å². The van der Waals surface area contributed by atoms with Gasteiger partial charge in [-0.05, 0) is 17.7 Å². The average Bonchev–Trinajstić information content (AvgIpc) is 2.56. The molecule has 0 atom stereocenters. The van der Waals surface area contributed by atoms with Gasteiger partial charge in [0.15, 0.2) is 0 Å². The summed E-state index contributed by atoms with van der Waals surface area (Å²) in [4.78, 5) is 4.32. The quantitative estimate of drug-likeness (QED) is 0.593. The highest BCUT2D eigenvalue weighted by atomic mass is 19.1. The van der Waals surface area contributed by atoms with Gasteiger partial charge in [0.25, 0.3) is 5.95 Å². The zero-order chi connectivity index (χ0) is 15.2. The van der Waals surface area contributed by atoms with Crippen LogP contribution in [0.1, 0.15) is 5.56 Å². The summed E-state index contributed by atoms with van der Waals surface area (Å²) in [6, 6.07) is 15.8. The monoisotopic (exact) mass is 293 g/mol. The van der Waals surface area contributed by atoms with Crippen molar-refractivity contribution in [1.82, 2.24) is 15.2 Å². The summed E-state index contributed by atoms with van der Waals surface area (Å²) in [7, 11) is 0. The van der Waals surface area contributed by atoms with E-state index < -0.39 is 0 Å². The van der Waals surface area contributed by atoms with Crippen LogP contribution in [-0.4, -0.2) is 21.4 Å². The third kappa shape index (κ3) is 3.49. The molecule has 0 aliphatic rings. The van der Waals surface area contributed by atoms with E-state index in [0.29, 0.717) is 11.3 Å². The number of hydrogen-bond donors (Lipinski definition) is 1. The van der Waals surface area contributed by atoms with Gasteiger partial charge in [-0.2, -0.15) is 10.2 Å². The molecule has 0 aliphatic heterocycles. The summed E-state index contributed by atoms with van der Waals surface area (Å²) in [6.07, 6.45) is 3.07. The standard InChI is InChI=1S/C16H12FN5/c17-14-8-4-5-12(9-14)10-18-21-16-20-15(11-19-22-16)13-6-2-1-3-7-13/h1-11H,(H,20,21,22)/b18-10-. The van der Waals surface area contributed by atoms with E-state index in [0.717, 1.165) is 5.56 Å². The normalized spacial score (nSPS) is 10.8. The number of aromatic nitrogens is 3. The van der Waals surface area contributed by atoms with E-state index in [1.54, 1.807) is 18.3 Å². The number of rotatable bonds is 4. The van der Waals surface area contributed by atoms with Crippen LogP contribution in [0.15, 0.2) is 65.9 Å². The fourth-order valence-corrected chi connectivity index (χ4v) is 1.85. The van der Waals surface area contributed by atoms with Crippen molar-refractivity contribution in [2.75, 3.05) is 5.43 Å². The smallest absolute Gasteiger partial charge is 0.244 e. The van der Waals surface area contributed by atoms with E-state index in [9.17, 15) is 4.39 Å². The van der Waals surface area contributed by atoms with Crippen LogP contribution in [0, 0.1) is 5.82 Å². The Bertz CT molecular complexity index is 789. The zero-order valence-electron chi connectivity index (χ0n) is 11.5. The Hall–Kier alpha value is -3.15. The molecule has 5 nitrogen and oxygen atoms in total. The van der Waals surface area contributed by atoms with Crippen molar-refractivity contribution in [3.63, 3.8) is 0 Å². The molecule has 0 aliphatic carbocycles. The molecule has 1 heterocycles. The first-order chi connectivity index (χ1) is 10.8. The third-order valence-corrected chi connectivity index (χ3v) is 2.86. The molecule has 0 bridgehead atoms. The molecule has 0 saturated heterocycles. The van der Waals surface area contributed by atoms with Gasteiger partial charge in [0, 0.05) is 5.56 Å². The van der Waals surface area contributed by atoms with E-state index in [4.69, 9.17) is 0 Å². The molecule has 0 radical (unpaired) electrons. The second-order valence-corrected chi connectivity index (χ2v) is 4.46. The number of anilines is 1. The Morgan fingerprint density at radius 3 is 2.73 bits per heavy atom. The summed E-state index contributed by atoms with van der Waals surface area (Å²) in [5, 5.41) is 11.7. The van der Waals surface area contributed by atoms with Crippen molar-refractivity contribution in [3.8, 4) is 11.3 Å². The van der Waals surface area contributed by atoms with E-state index in [1.807, 2.05) is 30.3 Å². The predicted molar refractivity (Wildman–Crippen MR) is 82.9 cm³/mol. The molecule has 22 heavy (non-hydrogen) atoms. The van der Waals surface area contributed by atoms with Crippen LogP contribution >= 0.6 is 0 Å². The molecule has 108 valence electrons. The maximum atomic E-state index is 13.0. The van der Waals surface area contributed by atoms with Crippen LogP contribution in [0.3, 0.4) is 0 Å². The Labute approximate surface area is 126 Å². The lowest BCUT2D eigenvalue weighted by atomic mass is 10.2. The minimum atomic E-state index is -0.312. The lowest BCUT2D eigenvalue weighted by molar-refractivity contribution is 0.627. The van der Waals surface area contributed by atoms with Gasteiger partial charge in [-0.15, -0.1) is 5.10 Å². The van der Waals surface area contributed by atoms with Gasteiger partial charge >= 0.3 is 0 Å². The zero-order valence-corrected chi connectivity index (χ0v) is 11.5. The lowest BCUT2D eigenvalue weighted by Crippen LogP contribution is -2.00. The van der Waals surface area contributed by atoms with Crippen molar-refractivity contribution in [3.05, 3.63) is 72.2 Å². The summed E-state index contributed by atoms with van der Waals surface area (Å²) >= 11 is 0. The Morgan fingerprint density at radius 2 is 1.91 bits per heavy atom. The minimum absolute atomic E-state index is 0.272. The summed E-state index contributed by atoms with van der Waals surface area (Å²) in [6.45, 7) is 0. The van der Waals surface area contributed by atoms with Crippen molar-refractivity contribution >= 4 is 12.2 Å². The van der Waals surface area contributed by atoms with Crippen molar-refractivity contribution < 1.29 is 4.39 Å². The number of nitrogens with one attached hydrogen (secondary N) is 1. The van der Waals surface area contributed by atoms with Gasteiger partial charge in [-0.1, -0.05) is 42.5 Å². The second-order valence-electron chi connectivity index (χ2n) is 4.46. The van der Waals surface area contributed by atoms with Gasteiger partial charge in [0.2, 0.25) is 0 Å². The fourth-order valence-electron chi connectivity index (χ4n) is 1.85. The van der Waals surface area contributed by atoms with Crippen LogP contribution in [0.5, 0.6) is 0 Å². The van der Waals surface area contributed by atoms with Crippen LogP contribution in [0.4, 0.5) is 10.3 Å². The van der Waals surface area contributed by atoms with Gasteiger partial charge < -0.3 is 0 Å². The molecule has 0 spiro atoms. The third-order valence-electron chi connectivity index (χ3n) is 2.86. The molecule has 3 aromatic rings. The molecule has 0 fully saturated rings. The predicted octanol–water partition coefficient (Wildman–Crippen LogP) is 3.12. The van der Waals surface area contributed by atoms with Crippen molar-refractivity contribution in [1.29, 1.82) is 0 Å². The summed E-state index contributed by atoms with van der Waals surface area (Å²) < 4.78 is 13.0. The largest absolute Gasteiger partial charge is 0.263 e. The minimum Gasteiger partial charge on any atom is -0.244 e. The number of benzene rings is 2. The van der Waals surface area contributed by atoms with Crippen molar-refractivity contribution in [2.24, 2.45) is 5.10 Å². The first-order valence-corrected chi connectivity index (χ1v) is 6.61. The molecule has 0 saturated carbocycles. The SMILES string of the molecule is Fc1cccc(/C=N\Nc2nncc(-c3ccccc3)n2)c1. The van der Waals surface area contributed by atoms with Crippen molar-refractivity contribution in [2.45, 2.75) is 0 Å². The number of hydrazone groups is 1. The lowest BCUT2D eigenvalue weighted by Gasteiger charge is -2.01. The van der Waals surface area contributed by atoms with Gasteiger partial charge in [0.05, 0.1) is 18.1 Å². The summed E-state index contributed by atoms with van der Waals surface area (Å²) in [5.41, 5.74) is 4.96. The van der Waals surface area contributed by atoms with Gasteiger partial charge in [-0.3, -0.25) is 0 Å². The van der Waals surface area contributed by atoms with Crippen LogP contribution in [-0.2, 0) is 0 Å². The first kappa shape index (κ1) is 13.8. The van der Waals surface area contributed by atoms with Crippen LogP contribution in [0.2, 0.25) is 0 Å². The highest BCUT2D eigenvalue weighted by Gasteiger charge is 2.01. The molecule has 0 amide bonds. The second kappa shape index (κ2) is 6.53. The van der Waals surface area contributed by atoms with Gasteiger partial charge in [-0.25, -0.2) is 14.8 Å². The fraction of sp³-hybridized carbons (Fsp3) is 0. The van der Waals surface area contributed by atoms with E-state index >= 15 is 0 Å². The molecule has 1 N–H and O–H groups in total. The van der Waals surface area contributed by atoms with E-state index in [2.05, 4.69) is 25.7 Å². The molecular weight excluding hydrogens is 281 g/mol. The molecule has 0 unspecified atom stereocenters. The molecular formula is C16H12FN5. The number of nitrogens with zero attached hydrogens (tertiary/aromatic N) is 4. The van der Waals surface area contributed by atoms with Crippen LogP contribution in [0.25, 0.3) is 11.3 Å². The average molecular weight is 293 g/mol. The Kier molecular flexibility index (Phi) is 4.10. The number of hydrogen-bond acceptors (Lipinski definition) is 5. The highest BCUT2D eigenvalue weighted by Crippen LogP contribution is 2.15. The molecule has 3 rings (SSSR count). The Morgan fingerprint density at radius 1 is 1.05 bits per heavy atom. The molecule has 6 heteroatoms. The maximum absolute atomic E-state index is 13.0. The number of halogens is 1. The maximum Gasteiger partial charge on any atom is 0.263 e. The first-order valence-electron chi connectivity index (χ1n) is 6.61.